The molecule has 0 radical (unpaired) electrons. The number of anilines is 1. The van der Waals surface area contributed by atoms with Crippen LogP contribution < -0.4 is 21.3 Å². The van der Waals surface area contributed by atoms with E-state index in [4.69, 9.17) is 0 Å². The van der Waals surface area contributed by atoms with Crippen molar-refractivity contribution in [2.24, 2.45) is 10.9 Å². The number of hydrogen-bond donors (Lipinski definition) is 4. The average molecular weight is 362 g/mol. The van der Waals surface area contributed by atoms with Crippen LogP contribution in [0, 0.1) is 16.0 Å². The maximum Gasteiger partial charge on any atom is 0.292 e. The Hall–Kier alpha value is -2.84. The summed E-state index contributed by atoms with van der Waals surface area (Å²) < 4.78 is 0. The summed E-state index contributed by atoms with van der Waals surface area (Å²) in [5, 5.41) is 23.2. The molecule has 9 heteroatoms. The van der Waals surface area contributed by atoms with Gasteiger partial charge in [0.25, 0.3) is 5.69 Å². The maximum absolute atomic E-state index is 11.6. The summed E-state index contributed by atoms with van der Waals surface area (Å²) in [4.78, 5) is 26.5. The van der Waals surface area contributed by atoms with Crippen molar-refractivity contribution in [2.75, 3.05) is 38.0 Å². The molecule has 0 aromatic heterocycles. The number of hydrogen-bond acceptors (Lipinski definition) is 5. The van der Waals surface area contributed by atoms with Gasteiger partial charge >= 0.3 is 0 Å². The van der Waals surface area contributed by atoms with Crippen LogP contribution >= 0.6 is 0 Å². The van der Waals surface area contributed by atoms with Crippen molar-refractivity contribution in [2.45, 2.75) is 19.8 Å². The molecule has 1 aliphatic rings. The second kappa shape index (κ2) is 10.2. The van der Waals surface area contributed by atoms with Gasteiger partial charge in [-0.3, -0.25) is 19.9 Å². The monoisotopic (exact) mass is 362 g/mol. The summed E-state index contributed by atoms with van der Waals surface area (Å²) in [6.45, 7) is 4.75. The van der Waals surface area contributed by atoms with Crippen LogP contribution in [-0.2, 0) is 4.79 Å². The fourth-order valence-electron chi connectivity index (χ4n) is 2.34. The highest BCUT2D eigenvalue weighted by Gasteiger charge is 2.28. The van der Waals surface area contributed by atoms with Crippen molar-refractivity contribution >= 4 is 23.2 Å². The Morgan fingerprint density at radius 2 is 1.92 bits per heavy atom. The van der Waals surface area contributed by atoms with E-state index >= 15 is 0 Å². The number of rotatable bonds is 10. The van der Waals surface area contributed by atoms with Crippen molar-refractivity contribution in [3.8, 4) is 0 Å². The fourth-order valence-corrected chi connectivity index (χ4v) is 2.34. The number of nitro groups is 1. The Morgan fingerprint density at radius 3 is 2.62 bits per heavy atom. The number of para-hydroxylation sites is 2. The van der Waals surface area contributed by atoms with Crippen molar-refractivity contribution in [3.05, 3.63) is 34.4 Å². The highest BCUT2D eigenvalue weighted by molar-refractivity contribution is 5.81. The largest absolute Gasteiger partial charge is 0.378 e. The summed E-state index contributed by atoms with van der Waals surface area (Å²) in [6.07, 6.45) is 1.99. The average Bonchev–Trinajstić information content (AvgIpc) is 3.47. The molecule has 0 heterocycles. The van der Waals surface area contributed by atoms with E-state index in [1.54, 1.807) is 18.2 Å². The molecule has 0 atom stereocenters. The van der Waals surface area contributed by atoms with Crippen LogP contribution in [0.3, 0.4) is 0 Å². The van der Waals surface area contributed by atoms with Gasteiger partial charge in [0.15, 0.2) is 5.96 Å². The molecule has 1 saturated carbocycles. The first-order valence-electron chi connectivity index (χ1n) is 8.89. The molecule has 142 valence electrons. The van der Waals surface area contributed by atoms with Gasteiger partial charge in [-0.1, -0.05) is 12.1 Å². The predicted octanol–water partition coefficient (Wildman–Crippen LogP) is 1.09. The zero-order valence-electron chi connectivity index (χ0n) is 15.0. The molecule has 1 aromatic carbocycles. The lowest BCUT2D eigenvalue weighted by Crippen LogP contribution is -2.42. The van der Waals surface area contributed by atoms with Gasteiger partial charge in [0.2, 0.25) is 5.91 Å². The van der Waals surface area contributed by atoms with E-state index in [0.29, 0.717) is 37.8 Å². The second-order valence-corrected chi connectivity index (χ2v) is 5.95. The first-order valence-corrected chi connectivity index (χ1v) is 8.89. The number of nitro benzene ring substituents is 1. The minimum Gasteiger partial charge on any atom is -0.378 e. The van der Waals surface area contributed by atoms with Crippen molar-refractivity contribution in [1.29, 1.82) is 0 Å². The predicted molar refractivity (Wildman–Crippen MR) is 101 cm³/mol. The second-order valence-electron chi connectivity index (χ2n) is 5.95. The molecular weight excluding hydrogens is 336 g/mol. The lowest BCUT2D eigenvalue weighted by Gasteiger charge is -2.12. The van der Waals surface area contributed by atoms with Gasteiger partial charge < -0.3 is 21.3 Å². The minimum atomic E-state index is -0.410. The lowest BCUT2D eigenvalue weighted by molar-refractivity contribution is -0.384. The number of nitrogens with zero attached hydrogens (tertiary/aromatic N) is 2. The van der Waals surface area contributed by atoms with Gasteiger partial charge in [0.1, 0.15) is 5.69 Å². The molecule has 1 aliphatic carbocycles. The summed E-state index contributed by atoms with van der Waals surface area (Å²) >= 11 is 0. The zero-order chi connectivity index (χ0) is 18.8. The standard InChI is InChI=1S/C17H26N6O3/c1-2-18-17(22-12-10-20-16(24)13-7-8-13)21-11-9-19-14-5-3-4-6-15(14)23(25)26/h3-6,13,19H,2,7-12H2,1H3,(H,20,24)(H2,18,21,22). The summed E-state index contributed by atoms with van der Waals surface area (Å²) in [6, 6.07) is 6.53. The van der Waals surface area contributed by atoms with Gasteiger partial charge in [-0.2, -0.15) is 0 Å². The maximum atomic E-state index is 11.6. The van der Waals surface area contributed by atoms with E-state index < -0.39 is 4.92 Å². The molecule has 4 N–H and O–H groups in total. The molecule has 0 spiro atoms. The molecule has 26 heavy (non-hydrogen) atoms. The quantitative estimate of drug-likeness (QED) is 0.163. The Labute approximate surface area is 152 Å². The number of guanidine groups is 1. The van der Waals surface area contributed by atoms with E-state index in [1.807, 2.05) is 6.92 Å². The smallest absolute Gasteiger partial charge is 0.292 e. The van der Waals surface area contributed by atoms with Crippen LogP contribution in [-0.4, -0.2) is 49.5 Å². The first-order chi connectivity index (χ1) is 12.6. The SMILES string of the molecule is CCNC(=NCCNc1ccccc1[N+](=O)[O-])NCCNC(=O)C1CC1. The summed E-state index contributed by atoms with van der Waals surface area (Å²) in [5.74, 6) is 0.991. The Morgan fingerprint density at radius 1 is 1.19 bits per heavy atom. The fraction of sp³-hybridized carbons (Fsp3) is 0.529. The number of aliphatic imine (C=N–C) groups is 1. The third-order valence-corrected chi connectivity index (χ3v) is 3.81. The lowest BCUT2D eigenvalue weighted by atomic mass is 10.2. The van der Waals surface area contributed by atoms with Crippen LogP contribution in [0.15, 0.2) is 29.3 Å². The Balaban J connectivity index is 1.72. The number of nitrogens with one attached hydrogen (secondary N) is 4. The normalized spacial score (nSPS) is 13.8. The van der Waals surface area contributed by atoms with E-state index in [9.17, 15) is 14.9 Å². The molecule has 0 saturated heterocycles. The molecule has 1 amide bonds. The van der Waals surface area contributed by atoms with Crippen LogP contribution in [0.4, 0.5) is 11.4 Å². The molecule has 0 bridgehead atoms. The highest BCUT2D eigenvalue weighted by Crippen LogP contribution is 2.28. The minimum absolute atomic E-state index is 0.0490. The molecule has 1 fully saturated rings. The van der Waals surface area contributed by atoms with Gasteiger partial charge in [0.05, 0.1) is 11.5 Å². The Bertz CT molecular complexity index is 645. The van der Waals surface area contributed by atoms with Crippen LogP contribution in [0.5, 0.6) is 0 Å². The molecular formula is C17H26N6O3. The van der Waals surface area contributed by atoms with E-state index in [-0.39, 0.29) is 17.5 Å². The molecule has 0 aliphatic heterocycles. The van der Waals surface area contributed by atoms with Crippen molar-refractivity contribution in [3.63, 3.8) is 0 Å². The van der Waals surface area contributed by atoms with Gasteiger partial charge in [-0.15, -0.1) is 0 Å². The van der Waals surface area contributed by atoms with Crippen molar-refractivity contribution in [1.82, 2.24) is 16.0 Å². The zero-order valence-corrected chi connectivity index (χ0v) is 15.0. The number of carbonyl (C=O) groups excluding carboxylic acids is 1. The van der Waals surface area contributed by atoms with E-state index in [2.05, 4.69) is 26.3 Å². The van der Waals surface area contributed by atoms with Crippen molar-refractivity contribution < 1.29 is 9.72 Å². The van der Waals surface area contributed by atoms with E-state index in [1.165, 1.54) is 6.07 Å². The molecule has 2 rings (SSSR count). The third-order valence-electron chi connectivity index (χ3n) is 3.81. The van der Waals surface area contributed by atoms with Crippen LogP contribution in [0.25, 0.3) is 0 Å². The van der Waals surface area contributed by atoms with Gasteiger partial charge in [0, 0.05) is 38.2 Å². The number of benzene rings is 1. The summed E-state index contributed by atoms with van der Waals surface area (Å²) in [5.41, 5.74) is 0.529. The summed E-state index contributed by atoms with van der Waals surface area (Å²) in [7, 11) is 0. The third kappa shape index (κ3) is 6.58. The van der Waals surface area contributed by atoms with Crippen LogP contribution in [0.2, 0.25) is 0 Å². The number of carbonyl (C=O) groups is 1. The Kier molecular flexibility index (Phi) is 7.66. The first kappa shape index (κ1) is 19.5. The van der Waals surface area contributed by atoms with E-state index in [0.717, 1.165) is 19.4 Å². The molecule has 1 aromatic rings. The van der Waals surface area contributed by atoms with Gasteiger partial charge in [-0.25, -0.2) is 0 Å². The van der Waals surface area contributed by atoms with Crippen LogP contribution in [0.1, 0.15) is 19.8 Å². The topological polar surface area (TPSA) is 121 Å². The molecule has 0 unspecified atom stereocenters. The van der Waals surface area contributed by atoms with Gasteiger partial charge in [-0.05, 0) is 25.8 Å². The molecule has 9 nitrogen and oxygen atoms in total. The highest BCUT2D eigenvalue weighted by atomic mass is 16.6. The number of amides is 1.